The predicted octanol–water partition coefficient (Wildman–Crippen LogP) is 3.52. The highest BCUT2D eigenvalue weighted by molar-refractivity contribution is 9.11. The molecular formula is C26H22Br2N6OS. The van der Waals surface area contributed by atoms with Crippen molar-refractivity contribution in [1.82, 2.24) is 4.57 Å². The zero-order valence-electron chi connectivity index (χ0n) is 20.0. The second-order valence-electron chi connectivity index (χ2n) is 8.64. The average molecular weight is 626 g/mol. The van der Waals surface area contributed by atoms with E-state index in [9.17, 15) is 15.3 Å². The van der Waals surface area contributed by atoms with Crippen LogP contribution in [0.3, 0.4) is 0 Å². The number of nitriles is 2. The number of benzene rings is 2. The molecule has 2 aromatic carbocycles. The quantitative estimate of drug-likeness (QED) is 0.476. The van der Waals surface area contributed by atoms with Crippen LogP contribution >= 0.6 is 43.2 Å². The summed E-state index contributed by atoms with van der Waals surface area (Å²) in [6, 6.07) is 15.9. The summed E-state index contributed by atoms with van der Waals surface area (Å²) in [6.45, 7) is 0. The minimum atomic E-state index is -0.674. The van der Waals surface area contributed by atoms with Gasteiger partial charge in [-0.2, -0.15) is 10.5 Å². The zero-order valence-corrected chi connectivity index (χ0v) is 24.0. The molecule has 2 N–H and O–H groups in total. The highest BCUT2D eigenvalue weighted by atomic mass is 79.9. The van der Waals surface area contributed by atoms with Crippen molar-refractivity contribution in [2.24, 2.45) is 5.73 Å². The summed E-state index contributed by atoms with van der Waals surface area (Å²) in [4.78, 5) is 17.3. The van der Waals surface area contributed by atoms with Gasteiger partial charge in [-0.15, -0.1) is 11.3 Å². The molecular weight excluding hydrogens is 604 g/mol. The van der Waals surface area contributed by atoms with Crippen molar-refractivity contribution in [2.45, 2.75) is 5.92 Å². The average Bonchev–Trinajstić information content (AvgIpc) is 3.14. The van der Waals surface area contributed by atoms with E-state index in [2.05, 4.69) is 44.0 Å². The molecule has 3 aromatic rings. The fourth-order valence-corrected chi connectivity index (χ4v) is 6.81. The largest absolute Gasteiger partial charge is 0.384 e. The van der Waals surface area contributed by atoms with Crippen molar-refractivity contribution < 1.29 is 0 Å². The number of anilines is 2. The standard InChI is InChI=1S/C26H22Br2N6OS/c1-32(2)20-7-5-14(9-18(20)27)10-22-25(35)34-24(31)16(12-29)23(17(13-30)26(34)36-22)15-6-8-21(33(3)4)19(28)11-15/h5-11,23H,31H2,1-4H3. The van der Waals surface area contributed by atoms with Crippen LogP contribution in [0.4, 0.5) is 11.4 Å². The van der Waals surface area contributed by atoms with Crippen molar-refractivity contribution in [3.8, 4) is 12.1 Å². The summed E-state index contributed by atoms with van der Waals surface area (Å²) in [6.07, 6.45) is 1.77. The number of hydrogen-bond acceptors (Lipinski definition) is 7. The first-order valence-electron chi connectivity index (χ1n) is 10.8. The third-order valence-electron chi connectivity index (χ3n) is 5.93. The fourth-order valence-electron chi connectivity index (χ4n) is 4.18. The molecule has 0 saturated carbocycles. The van der Waals surface area contributed by atoms with E-state index < -0.39 is 5.92 Å². The predicted molar refractivity (Wildman–Crippen MR) is 153 cm³/mol. The Labute approximate surface area is 229 Å². The highest BCUT2D eigenvalue weighted by Crippen LogP contribution is 2.38. The first kappa shape index (κ1) is 25.8. The van der Waals surface area contributed by atoms with Crippen molar-refractivity contribution in [3.05, 3.63) is 81.6 Å². The lowest BCUT2D eigenvalue weighted by Gasteiger charge is -2.23. The van der Waals surface area contributed by atoms with Gasteiger partial charge in [0.15, 0.2) is 0 Å². The zero-order chi connectivity index (χ0) is 26.3. The molecule has 0 radical (unpaired) electrons. The molecule has 0 spiro atoms. The van der Waals surface area contributed by atoms with Crippen molar-refractivity contribution in [2.75, 3.05) is 38.0 Å². The minimum Gasteiger partial charge on any atom is -0.384 e. The molecule has 0 aliphatic carbocycles. The third-order valence-corrected chi connectivity index (χ3v) is 8.31. The Kier molecular flexibility index (Phi) is 7.14. The SMILES string of the molecule is CN(C)c1ccc(C=c2sc3n(c2=O)C(N)=C(C#N)C(c2ccc(N(C)C)c(Br)c2)C=3C#N)cc1Br. The van der Waals surface area contributed by atoms with Crippen LogP contribution in [0.2, 0.25) is 0 Å². The molecule has 1 aliphatic heterocycles. The number of aromatic nitrogens is 1. The molecule has 0 bridgehead atoms. The number of hydrogen-bond donors (Lipinski definition) is 1. The van der Waals surface area contributed by atoms with Crippen LogP contribution in [0.1, 0.15) is 17.0 Å². The van der Waals surface area contributed by atoms with E-state index in [-0.39, 0.29) is 17.0 Å². The molecule has 1 aromatic heterocycles. The number of fused-ring (bicyclic) bond motifs is 1. The Balaban J connectivity index is 1.97. The van der Waals surface area contributed by atoms with Crippen LogP contribution in [0.5, 0.6) is 0 Å². The Bertz CT molecular complexity index is 1680. The second-order valence-corrected chi connectivity index (χ2v) is 11.4. The second kappa shape index (κ2) is 9.98. The van der Waals surface area contributed by atoms with Gasteiger partial charge in [0, 0.05) is 37.1 Å². The van der Waals surface area contributed by atoms with Crippen LogP contribution in [-0.2, 0) is 0 Å². The maximum Gasteiger partial charge on any atom is 0.274 e. The van der Waals surface area contributed by atoms with Gasteiger partial charge in [0.05, 0.1) is 45.1 Å². The maximum atomic E-state index is 13.4. The Hall–Kier alpha value is -3.31. The van der Waals surface area contributed by atoms with E-state index in [4.69, 9.17) is 5.73 Å². The van der Waals surface area contributed by atoms with E-state index in [0.717, 1.165) is 31.4 Å². The number of rotatable bonds is 4. The lowest BCUT2D eigenvalue weighted by atomic mass is 9.84. The van der Waals surface area contributed by atoms with Crippen LogP contribution in [0, 0.1) is 22.7 Å². The molecule has 1 unspecified atom stereocenters. The molecule has 1 aliphatic rings. The van der Waals surface area contributed by atoms with Gasteiger partial charge in [0.2, 0.25) is 0 Å². The van der Waals surface area contributed by atoms with E-state index in [0.29, 0.717) is 14.8 Å². The van der Waals surface area contributed by atoms with Crippen molar-refractivity contribution >= 4 is 72.0 Å². The van der Waals surface area contributed by atoms with Gasteiger partial charge in [0.1, 0.15) is 10.5 Å². The summed E-state index contributed by atoms with van der Waals surface area (Å²) < 4.78 is 3.87. The van der Waals surface area contributed by atoms with Crippen molar-refractivity contribution in [1.29, 1.82) is 10.5 Å². The molecule has 0 saturated heterocycles. The van der Waals surface area contributed by atoms with Gasteiger partial charge in [0.25, 0.3) is 5.56 Å². The minimum absolute atomic E-state index is 0.0503. The summed E-state index contributed by atoms with van der Waals surface area (Å²) in [5.41, 5.74) is 10.1. The van der Waals surface area contributed by atoms with Crippen LogP contribution in [0.25, 0.3) is 17.5 Å². The molecule has 36 heavy (non-hydrogen) atoms. The van der Waals surface area contributed by atoms with Crippen LogP contribution in [0.15, 0.2) is 55.7 Å². The molecule has 182 valence electrons. The van der Waals surface area contributed by atoms with E-state index in [1.54, 1.807) is 6.08 Å². The van der Waals surface area contributed by atoms with Gasteiger partial charge in [-0.3, -0.25) is 9.36 Å². The first-order valence-corrected chi connectivity index (χ1v) is 13.2. The summed E-state index contributed by atoms with van der Waals surface area (Å²) >= 11 is 8.37. The molecule has 0 fully saturated rings. The first-order chi connectivity index (χ1) is 17.1. The lowest BCUT2D eigenvalue weighted by molar-refractivity contribution is 0.905. The summed E-state index contributed by atoms with van der Waals surface area (Å²) in [7, 11) is 7.77. The topological polar surface area (TPSA) is 102 Å². The number of allylic oxidation sites excluding steroid dienone is 1. The number of nitrogens with two attached hydrogens (primary N) is 1. The number of nitrogens with zero attached hydrogens (tertiary/aromatic N) is 5. The van der Waals surface area contributed by atoms with Gasteiger partial charge in [-0.05, 0) is 73.3 Å². The molecule has 0 amide bonds. The van der Waals surface area contributed by atoms with Crippen LogP contribution in [-0.4, -0.2) is 32.8 Å². The van der Waals surface area contributed by atoms with E-state index in [1.165, 1.54) is 15.9 Å². The van der Waals surface area contributed by atoms with Crippen molar-refractivity contribution in [3.63, 3.8) is 0 Å². The monoisotopic (exact) mass is 624 g/mol. The molecule has 10 heteroatoms. The van der Waals surface area contributed by atoms with Gasteiger partial charge >= 0.3 is 0 Å². The van der Waals surface area contributed by atoms with Gasteiger partial charge < -0.3 is 15.5 Å². The summed E-state index contributed by atoms with van der Waals surface area (Å²) in [5, 5.41) is 20.2. The van der Waals surface area contributed by atoms with Gasteiger partial charge in [-0.25, -0.2) is 0 Å². The Morgan fingerprint density at radius 2 is 1.56 bits per heavy atom. The highest BCUT2D eigenvalue weighted by Gasteiger charge is 2.32. The molecule has 4 rings (SSSR count). The van der Waals surface area contributed by atoms with Crippen LogP contribution < -0.4 is 30.3 Å². The number of thiazole rings is 1. The van der Waals surface area contributed by atoms with Gasteiger partial charge in [-0.1, -0.05) is 12.1 Å². The fraction of sp³-hybridized carbons (Fsp3) is 0.192. The molecule has 7 nitrogen and oxygen atoms in total. The molecule has 1 atom stereocenters. The Morgan fingerprint density at radius 3 is 2.08 bits per heavy atom. The lowest BCUT2D eigenvalue weighted by Crippen LogP contribution is -2.38. The normalized spacial score (nSPS) is 15.4. The maximum absolute atomic E-state index is 13.4. The smallest absolute Gasteiger partial charge is 0.274 e. The summed E-state index contributed by atoms with van der Waals surface area (Å²) in [5.74, 6) is -0.624. The number of halogens is 2. The third kappa shape index (κ3) is 4.37. The molecule has 2 heterocycles. The van der Waals surface area contributed by atoms with E-state index >= 15 is 0 Å². The van der Waals surface area contributed by atoms with E-state index in [1.807, 2.05) is 74.4 Å². The Morgan fingerprint density at radius 1 is 0.972 bits per heavy atom.